The van der Waals surface area contributed by atoms with Crippen LogP contribution in [0, 0.1) is 17.8 Å². The highest BCUT2D eigenvalue weighted by atomic mass is 16.7. The van der Waals surface area contributed by atoms with Gasteiger partial charge in [0, 0.05) is 19.1 Å². The lowest BCUT2D eigenvalue weighted by molar-refractivity contribution is -0.175. The van der Waals surface area contributed by atoms with Crippen LogP contribution in [-0.4, -0.2) is 30.5 Å². The highest BCUT2D eigenvalue weighted by molar-refractivity contribution is 5.90. The van der Waals surface area contributed by atoms with E-state index in [-0.39, 0.29) is 24.2 Å². The van der Waals surface area contributed by atoms with E-state index < -0.39 is 12.2 Å². The summed E-state index contributed by atoms with van der Waals surface area (Å²) in [7, 11) is 0. The van der Waals surface area contributed by atoms with Crippen molar-refractivity contribution in [3.8, 4) is 0 Å². The summed E-state index contributed by atoms with van der Waals surface area (Å²) in [5.41, 5.74) is 5.40. The summed E-state index contributed by atoms with van der Waals surface area (Å²) in [5.74, 6) is 0.721. The SMILES string of the molecule is CCO[C@H]1OC(C(N)=O)=C[C@@H](C2CCCC2)[C@@H]1CCCO. The van der Waals surface area contributed by atoms with Gasteiger partial charge in [0.25, 0.3) is 5.91 Å². The molecule has 0 radical (unpaired) electrons. The van der Waals surface area contributed by atoms with Crippen molar-refractivity contribution in [3.05, 3.63) is 11.8 Å². The fourth-order valence-corrected chi connectivity index (χ4v) is 3.68. The van der Waals surface area contributed by atoms with Crippen LogP contribution in [-0.2, 0) is 14.3 Å². The zero-order chi connectivity index (χ0) is 15.2. The molecule has 0 aromatic heterocycles. The maximum atomic E-state index is 11.5. The molecule has 1 aliphatic heterocycles. The summed E-state index contributed by atoms with van der Waals surface area (Å²) >= 11 is 0. The molecular weight excluding hydrogens is 270 g/mol. The van der Waals surface area contributed by atoms with Crippen molar-refractivity contribution in [1.82, 2.24) is 0 Å². The molecule has 1 heterocycles. The van der Waals surface area contributed by atoms with Crippen LogP contribution in [0.5, 0.6) is 0 Å². The number of amides is 1. The number of hydrogen-bond acceptors (Lipinski definition) is 4. The first-order valence-corrected chi connectivity index (χ1v) is 8.08. The number of carbonyl (C=O) groups is 1. The fourth-order valence-electron chi connectivity index (χ4n) is 3.68. The zero-order valence-electron chi connectivity index (χ0n) is 12.8. The van der Waals surface area contributed by atoms with Crippen LogP contribution >= 0.6 is 0 Å². The maximum Gasteiger partial charge on any atom is 0.283 e. The number of nitrogens with two attached hydrogens (primary N) is 1. The second-order valence-electron chi connectivity index (χ2n) is 5.99. The molecule has 1 amide bonds. The third-order valence-corrected chi connectivity index (χ3v) is 4.64. The van der Waals surface area contributed by atoms with Gasteiger partial charge < -0.3 is 20.3 Å². The topological polar surface area (TPSA) is 81.8 Å². The van der Waals surface area contributed by atoms with Crippen LogP contribution < -0.4 is 5.73 Å². The predicted molar refractivity (Wildman–Crippen MR) is 79.0 cm³/mol. The van der Waals surface area contributed by atoms with Crippen molar-refractivity contribution < 1.29 is 19.4 Å². The Morgan fingerprint density at radius 2 is 2.19 bits per heavy atom. The molecule has 0 saturated heterocycles. The van der Waals surface area contributed by atoms with Gasteiger partial charge in [-0.1, -0.05) is 12.8 Å². The Hall–Kier alpha value is -1.07. The van der Waals surface area contributed by atoms with Gasteiger partial charge in [0.15, 0.2) is 5.76 Å². The number of aliphatic hydroxyl groups excluding tert-OH is 1. The summed E-state index contributed by atoms with van der Waals surface area (Å²) in [5, 5.41) is 9.13. The lowest BCUT2D eigenvalue weighted by Gasteiger charge is -2.39. The molecule has 0 bridgehead atoms. The van der Waals surface area contributed by atoms with E-state index >= 15 is 0 Å². The molecule has 21 heavy (non-hydrogen) atoms. The van der Waals surface area contributed by atoms with Crippen molar-refractivity contribution in [2.24, 2.45) is 23.5 Å². The molecule has 2 rings (SSSR count). The monoisotopic (exact) mass is 297 g/mol. The van der Waals surface area contributed by atoms with E-state index in [0.717, 1.165) is 12.8 Å². The average Bonchev–Trinajstić information content (AvgIpc) is 2.99. The van der Waals surface area contributed by atoms with Gasteiger partial charge in [-0.3, -0.25) is 4.79 Å². The van der Waals surface area contributed by atoms with E-state index in [1.165, 1.54) is 25.7 Å². The quantitative estimate of drug-likeness (QED) is 0.752. The molecule has 0 unspecified atom stereocenters. The Balaban J connectivity index is 2.22. The van der Waals surface area contributed by atoms with E-state index in [9.17, 15) is 4.79 Å². The van der Waals surface area contributed by atoms with E-state index in [4.69, 9.17) is 20.3 Å². The second kappa shape index (κ2) is 7.80. The highest BCUT2D eigenvalue weighted by Crippen LogP contribution is 2.43. The highest BCUT2D eigenvalue weighted by Gasteiger charge is 2.40. The lowest BCUT2D eigenvalue weighted by Crippen LogP contribution is -2.40. The van der Waals surface area contributed by atoms with Gasteiger partial charge in [-0.2, -0.15) is 0 Å². The normalized spacial score (nSPS) is 30.0. The number of carbonyl (C=O) groups excluding carboxylic acids is 1. The molecule has 120 valence electrons. The summed E-state index contributed by atoms with van der Waals surface area (Å²) in [4.78, 5) is 11.5. The van der Waals surface area contributed by atoms with E-state index in [2.05, 4.69) is 0 Å². The molecule has 0 aromatic rings. The number of ether oxygens (including phenoxy) is 2. The minimum atomic E-state index is -0.525. The van der Waals surface area contributed by atoms with Gasteiger partial charge in [-0.25, -0.2) is 0 Å². The Kier molecular flexibility index (Phi) is 6.06. The van der Waals surface area contributed by atoms with Crippen molar-refractivity contribution in [1.29, 1.82) is 0 Å². The van der Waals surface area contributed by atoms with Gasteiger partial charge in [0.2, 0.25) is 6.29 Å². The molecule has 3 atom stereocenters. The first-order chi connectivity index (χ1) is 10.2. The lowest BCUT2D eigenvalue weighted by atomic mass is 9.76. The molecule has 1 saturated carbocycles. The van der Waals surface area contributed by atoms with Crippen LogP contribution in [0.1, 0.15) is 45.4 Å². The fraction of sp³-hybridized carbons (Fsp3) is 0.812. The van der Waals surface area contributed by atoms with Crippen molar-refractivity contribution in [2.45, 2.75) is 51.7 Å². The molecule has 2 aliphatic rings. The van der Waals surface area contributed by atoms with Crippen molar-refractivity contribution in [2.75, 3.05) is 13.2 Å². The minimum absolute atomic E-state index is 0.166. The van der Waals surface area contributed by atoms with Gasteiger partial charge in [-0.05, 0) is 50.5 Å². The molecule has 1 aliphatic carbocycles. The third-order valence-electron chi connectivity index (χ3n) is 4.64. The zero-order valence-corrected chi connectivity index (χ0v) is 12.8. The molecular formula is C16H27NO4. The summed E-state index contributed by atoms with van der Waals surface area (Å²) in [6.45, 7) is 2.61. The summed E-state index contributed by atoms with van der Waals surface area (Å²) in [6.07, 6.45) is 7.89. The van der Waals surface area contributed by atoms with Crippen LogP contribution in [0.25, 0.3) is 0 Å². The summed E-state index contributed by atoms with van der Waals surface area (Å²) in [6, 6.07) is 0. The largest absolute Gasteiger partial charge is 0.459 e. The first-order valence-electron chi connectivity index (χ1n) is 8.08. The van der Waals surface area contributed by atoms with E-state index in [1.54, 1.807) is 0 Å². The Morgan fingerprint density at radius 3 is 2.76 bits per heavy atom. The molecule has 3 N–H and O–H groups in total. The third kappa shape index (κ3) is 3.98. The Morgan fingerprint density at radius 1 is 1.48 bits per heavy atom. The number of primary amides is 1. The predicted octanol–water partition coefficient (Wildman–Crippen LogP) is 1.94. The van der Waals surface area contributed by atoms with Gasteiger partial charge in [0.05, 0.1) is 0 Å². The first kappa shape index (κ1) is 16.3. The van der Waals surface area contributed by atoms with E-state index in [0.29, 0.717) is 12.5 Å². The average molecular weight is 297 g/mol. The Bertz CT molecular complexity index is 376. The number of rotatable bonds is 7. The van der Waals surface area contributed by atoms with Crippen LogP contribution in [0.2, 0.25) is 0 Å². The van der Waals surface area contributed by atoms with Gasteiger partial charge in [-0.15, -0.1) is 0 Å². The van der Waals surface area contributed by atoms with Crippen LogP contribution in [0.3, 0.4) is 0 Å². The minimum Gasteiger partial charge on any atom is -0.459 e. The van der Waals surface area contributed by atoms with Crippen molar-refractivity contribution >= 4 is 5.91 Å². The number of aliphatic hydroxyl groups is 1. The van der Waals surface area contributed by atoms with Crippen molar-refractivity contribution in [3.63, 3.8) is 0 Å². The number of hydrogen-bond donors (Lipinski definition) is 2. The Labute approximate surface area is 126 Å². The maximum absolute atomic E-state index is 11.5. The van der Waals surface area contributed by atoms with Crippen LogP contribution in [0.15, 0.2) is 11.8 Å². The van der Waals surface area contributed by atoms with E-state index in [1.807, 2.05) is 13.0 Å². The molecule has 1 fully saturated rings. The summed E-state index contributed by atoms with van der Waals surface area (Å²) < 4.78 is 11.4. The van der Waals surface area contributed by atoms with Gasteiger partial charge in [0.1, 0.15) is 0 Å². The smallest absolute Gasteiger partial charge is 0.283 e. The standard InChI is InChI=1S/C16H27NO4/c1-2-20-16-12(8-5-9-18)13(11-6-3-4-7-11)10-14(21-16)15(17)19/h10-13,16,18H,2-9H2,1H3,(H2,17,19)/t12-,13-,16-/m0/s1. The second-order valence-corrected chi connectivity index (χ2v) is 5.99. The molecule has 0 aromatic carbocycles. The van der Waals surface area contributed by atoms with Gasteiger partial charge >= 0.3 is 0 Å². The molecule has 5 nitrogen and oxygen atoms in total. The molecule has 5 heteroatoms. The van der Waals surface area contributed by atoms with Crippen LogP contribution in [0.4, 0.5) is 0 Å². The molecule has 0 spiro atoms. The number of allylic oxidation sites excluding steroid dienone is 1.